The number of Topliss-reactive ketones (excluding diaryl/α,β-unsaturated/α-hetero) is 1. The van der Waals surface area contributed by atoms with Crippen LogP contribution in [0.4, 0.5) is 0 Å². The van der Waals surface area contributed by atoms with E-state index < -0.39 is 5.41 Å². The van der Waals surface area contributed by atoms with Gasteiger partial charge in [0, 0.05) is 11.0 Å². The van der Waals surface area contributed by atoms with Crippen molar-refractivity contribution in [2.24, 2.45) is 5.41 Å². The van der Waals surface area contributed by atoms with Crippen LogP contribution in [0, 0.1) is 5.41 Å². The highest BCUT2D eigenvalue weighted by Crippen LogP contribution is 2.30. The van der Waals surface area contributed by atoms with Gasteiger partial charge in [0.2, 0.25) is 0 Å². The summed E-state index contributed by atoms with van der Waals surface area (Å²) in [6.45, 7) is 6.39. The standard InChI is InChI=1S/C15H20O3/c1-11-17-10-13(18-11)9-15(2,3)14(16)12-7-5-4-6-8-12/h4-8,11,13H,9-10H2,1-3H3. The lowest BCUT2D eigenvalue weighted by Gasteiger charge is -2.25. The molecule has 1 fully saturated rings. The minimum Gasteiger partial charge on any atom is -0.350 e. The van der Waals surface area contributed by atoms with Crippen LogP contribution in [0.2, 0.25) is 0 Å². The van der Waals surface area contributed by atoms with Crippen LogP contribution in [-0.4, -0.2) is 24.8 Å². The van der Waals surface area contributed by atoms with Crippen molar-refractivity contribution in [2.45, 2.75) is 39.6 Å². The molecule has 18 heavy (non-hydrogen) atoms. The minimum atomic E-state index is -0.431. The average Bonchev–Trinajstić information content (AvgIpc) is 2.74. The van der Waals surface area contributed by atoms with E-state index >= 15 is 0 Å². The number of hydrogen-bond acceptors (Lipinski definition) is 3. The van der Waals surface area contributed by atoms with E-state index in [1.807, 2.05) is 51.1 Å². The van der Waals surface area contributed by atoms with Gasteiger partial charge >= 0.3 is 0 Å². The van der Waals surface area contributed by atoms with Crippen molar-refractivity contribution < 1.29 is 14.3 Å². The Kier molecular flexibility index (Phi) is 3.83. The maximum Gasteiger partial charge on any atom is 0.168 e. The third kappa shape index (κ3) is 2.98. The summed E-state index contributed by atoms with van der Waals surface area (Å²) in [5, 5.41) is 0. The first-order chi connectivity index (χ1) is 8.49. The molecule has 3 nitrogen and oxygen atoms in total. The van der Waals surface area contributed by atoms with Gasteiger partial charge in [0.25, 0.3) is 0 Å². The topological polar surface area (TPSA) is 35.5 Å². The highest BCUT2D eigenvalue weighted by molar-refractivity contribution is 6.00. The molecule has 2 unspecified atom stereocenters. The zero-order valence-electron chi connectivity index (χ0n) is 11.2. The molecule has 1 saturated heterocycles. The Morgan fingerprint density at radius 2 is 2.00 bits per heavy atom. The first kappa shape index (κ1) is 13.2. The van der Waals surface area contributed by atoms with Crippen molar-refractivity contribution >= 4 is 5.78 Å². The molecular weight excluding hydrogens is 228 g/mol. The number of hydrogen-bond donors (Lipinski definition) is 0. The smallest absolute Gasteiger partial charge is 0.168 e. The van der Waals surface area contributed by atoms with Crippen LogP contribution in [-0.2, 0) is 9.47 Å². The fraction of sp³-hybridized carbons (Fsp3) is 0.533. The lowest BCUT2D eigenvalue weighted by atomic mass is 9.79. The predicted octanol–water partition coefficient (Wildman–Crippen LogP) is 3.05. The molecule has 0 N–H and O–H groups in total. The fourth-order valence-corrected chi connectivity index (χ4v) is 2.34. The van der Waals surface area contributed by atoms with E-state index in [1.54, 1.807) is 0 Å². The Hall–Kier alpha value is -1.19. The molecule has 0 aromatic heterocycles. The van der Waals surface area contributed by atoms with E-state index in [1.165, 1.54) is 0 Å². The molecule has 0 aliphatic carbocycles. The summed E-state index contributed by atoms with van der Waals surface area (Å²) in [4.78, 5) is 12.4. The van der Waals surface area contributed by atoms with Crippen LogP contribution in [0.15, 0.2) is 30.3 Å². The maximum absolute atomic E-state index is 12.4. The molecule has 0 amide bonds. The van der Waals surface area contributed by atoms with Gasteiger partial charge in [0.05, 0.1) is 12.7 Å². The van der Waals surface area contributed by atoms with Crippen LogP contribution < -0.4 is 0 Å². The van der Waals surface area contributed by atoms with Gasteiger partial charge < -0.3 is 9.47 Å². The second-order valence-electron chi connectivity index (χ2n) is 5.44. The van der Waals surface area contributed by atoms with Crippen LogP contribution >= 0.6 is 0 Å². The molecule has 0 spiro atoms. The number of benzene rings is 1. The molecule has 1 aliphatic heterocycles. The Morgan fingerprint density at radius 1 is 1.33 bits per heavy atom. The van der Waals surface area contributed by atoms with Gasteiger partial charge in [0.15, 0.2) is 12.1 Å². The maximum atomic E-state index is 12.4. The number of carbonyl (C=O) groups is 1. The monoisotopic (exact) mass is 248 g/mol. The third-order valence-corrected chi connectivity index (χ3v) is 3.29. The molecule has 0 saturated carbocycles. The Balaban J connectivity index is 2.04. The molecule has 3 heteroatoms. The van der Waals surface area contributed by atoms with Crippen LogP contribution in [0.25, 0.3) is 0 Å². The molecule has 1 heterocycles. The van der Waals surface area contributed by atoms with Gasteiger partial charge in [-0.25, -0.2) is 0 Å². The first-order valence-corrected chi connectivity index (χ1v) is 6.36. The summed E-state index contributed by atoms with van der Waals surface area (Å²) in [5.74, 6) is 0.159. The van der Waals surface area contributed by atoms with Crippen molar-refractivity contribution in [3.8, 4) is 0 Å². The van der Waals surface area contributed by atoms with Gasteiger partial charge in [0.1, 0.15) is 0 Å². The molecule has 0 bridgehead atoms. The normalized spacial score (nSPS) is 24.2. The van der Waals surface area contributed by atoms with Crippen molar-refractivity contribution in [1.29, 1.82) is 0 Å². The van der Waals surface area contributed by atoms with Gasteiger partial charge in [-0.2, -0.15) is 0 Å². The Morgan fingerprint density at radius 3 is 2.56 bits per heavy atom. The Bertz CT molecular complexity index is 411. The second-order valence-corrected chi connectivity index (χ2v) is 5.44. The lowest BCUT2D eigenvalue weighted by molar-refractivity contribution is -0.0473. The van der Waals surface area contributed by atoms with E-state index in [0.717, 1.165) is 5.56 Å². The fourth-order valence-electron chi connectivity index (χ4n) is 2.34. The summed E-state index contributed by atoms with van der Waals surface area (Å²) >= 11 is 0. The quantitative estimate of drug-likeness (QED) is 0.768. The first-order valence-electron chi connectivity index (χ1n) is 6.36. The van der Waals surface area contributed by atoms with E-state index in [9.17, 15) is 4.79 Å². The van der Waals surface area contributed by atoms with Gasteiger partial charge in [-0.3, -0.25) is 4.79 Å². The summed E-state index contributed by atoms with van der Waals surface area (Å²) < 4.78 is 11.0. The van der Waals surface area contributed by atoms with E-state index in [0.29, 0.717) is 13.0 Å². The van der Waals surface area contributed by atoms with Crippen LogP contribution in [0.1, 0.15) is 37.6 Å². The minimum absolute atomic E-state index is 0.0164. The largest absolute Gasteiger partial charge is 0.350 e. The van der Waals surface area contributed by atoms with Crippen molar-refractivity contribution in [3.63, 3.8) is 0 Å². The molecule has 98 valence electrons. The molecular formula is C15H20O3. The van der Waals surface area contributed by atoms with E-state index in [2.05, 4.69) is 0 Å². The summed E-state index contributed by atoms with van der Waals surface area (Å²) in [6.07, 6.45) is 0.547. The predicted molar refractivity (Wildman–Crippen MR) is 69.5 cm³/mol. The highest BCUT2D eigenvalue weighted by Gasteiger charge is 2.35. The van der Waals surface area contributed by atoms with Gasteiger partial charge in [-0.1, -0.05) is 44.2 Å². The number of ketones is 1. The van der Waals surface area contributed by atoms with Crippen molar-refractivity contribution in [2.75, 3.05) is 6.61 Å². The molecule has 2 atom stereocenters. The average molecular weight is 248 g/mol. The third-order valence-electron chi connectivity index (χ3n) is 3.29. The summed E-state index contributed by atoms with van der Waals surface area (Å²) in [7, 11) is 0. The molecule has 0 radical (unpaired) electrons. The molecule has 1 aromatic carbocycles. The summed E-state index contributed by atoms with van der Waals surface area (Å²) in [6, 6.07) is 9.41. The van der Waals surface area contributed by atoms with Crippen LogP contribution in [0.3, 0.4) is 0 Å². The number of ether oxygens (including phenoxy) is 2. The van der Waals surface area contributed by atoms with Crippen LogP contribution in [0.5, 0.6) is 0 Å². The van der Waals surface area contributed by atoms with Gasteiger partial charge in [-0.05, 0) is 13.3 Å². The second kappa shape index (κ2) is 5.21. The zero-order chi connectivity index (χ0) is 13.2. The Labute approximate surface area is 108 Å². The number of rotatable bonds is 4. The summed E-state index contributed by atoms with van der Waals surface area (Å²) in [5.41, 5.74) is 0.328. The number of carbonyl (C=O) groups excluding carboxylic acids is 1. The van der Waals surface area contributed by atoms with Crippen molar-refractivity contribution in [3.05, 3.63) is 35.9 Å². The van der Waals surface area contributed by atoms with Crippen molar-refractivity contribution in [1.82, 2.24) is 0 Å². The van der Waals surface area contributed by atoms with E-state index in [-0.39, 0.29) is 18.2 Å². The van der Waals surface area contributed by atoms with E-state index in [4.69, 9.17) is 9.47 Å². The van der Waals surface area contributed by atoms with Gasteiger partial charge in [-0.15, -0.1) is 0 Å². The molecule has 2 rings (SSSR count). The SMILES string of the molecule is CC1OCC(CC(C)(C)C(=O)c2ccccc2)O1. The lowest BCUT2D eigenvalue weighted by Crippen LogP contribution is -2.30. The highest BCUT2D eigenvalue weighted by atomic mass is 16.7. The molecule has 1 aromatic rings. The molecule has 1 aliphatic rings. The zero-order valence-corrected chi connectivity index (χ0v) is 11.2.